The molecule has 0 amide bonds. The van der Waals surface area contributed by atoms with Crippen molar-refractivity contribution >= 4 is 23.7 Å². The summed E-state index contributed by atoms with van der Waals surface area (Å²) in [7, 11) is 0. The van der Waals surface area contributed by atoms with Gasteiger partial charge in [0.25, 0.3) is 0 Å². The Kier molecular flexibility index (Phi) is 7.42. The molecular weight excluding hydrogens is 628 g/mol. The van der Waals surface area contributed by atoms with Crippen LogP contribution in [-0.2, 0) is 42.9 Å². The Bertz CT molecular complexity index is 1530. The predicted octanol–water partition coefficient (Wildman–Crippen LogP) is 2.03. The van der Waals surface area contributed by atoms with Crippen LogP contribution in [0.1, 0.15) is 79.2 Å². The lowest BCUT2D eigenvalue weighted by Crippen LogP contribution is -2.84. The molecule has 13 heteroatoms. The third-order valence-electron chi connectivity index (χ3n) is 13.9. The van der Waals surface area contributed by atoms with Crippen LogP contribution in [0.4, 0.5) is 0 Å². The molecular formula is C35H46O13. The molecule has 2 bridgehead atoms. The van der Waals surface area contributed by atoms with Gasteiger partial charge < -0.3 is 43.4 Å². The van der Waals surface area contributed by atoms with Crippen LogP contribution in [0.3, 0.4) is 0 Å². The van der Waals surface area contributed by atoms with Crippen molar-refractivity contribution in [1.29, 1.82) is 0 Å². The van der Waals surface area contributed by atoms with Crippen LogP contribution in [0, 0.1) is 39.4 Å². The van der Waals surface area contributed by atoms with Crippen molar-refractivity contribution in [3.8, 4) is 0 Å². The van der Waals surface area contributed by atoms with Gasteiger partial charge in [-0.25, -0.2) is 0 Å². The number of epoxide rings is 1. The maximum Gasteiger partial charge on any atom is 0.310 e. The third-order valence-corrected chi connectivity index (χ3v) is 13.9. The first kappa shape index (κ1) is 33.6. The highest BCUT2D eigenvalue weighted by atomic mass is 16.7. The van der Waals surface area contributed by atoms with E-state index in [0.717, 1.165) is 12.5 Å². The molecule has 1 aromatic heterocycles. The molecule has 3 N–H and O–H groups in total. The monoisotopic (exact) mass is 674 g/mol. The molecule has 2 unspecified atom stereocenters. The quantitative estimate of drug-likeness (QED) is 0.226. The standard InChI is InChI=1S/C35H46O13/c1-8-15(2)29(42)47-30-31(5)20-12-21(38)33(7)25(34(20,14-44-30)27(41)24(45-16(3)36)28(31)46-17(4)37)23(39)26(40)32(6)19(18-9-10-43-13-18)11-22-35(32,33)48-22/h9-10,13,15,19-22,24-28,30,38,40-41H,8,11-12,14H2,1-7H3/t15?,19-,20+,21+,22-,24+,25+,26+,27-,28+,30?,31+,32+,33-,34-,35-/m0/s1. The van der Waals surface area contributed by atoms with Crippen LogP contribution in [0.5, 0.6) is 0 Å². The Balaban J connectivity index is 1.42. The Morgan fingerprint density at radius 3 is 2.31 bits per heavy atom. The second-order valence-electron chi connectivity index (χ2n) is 15.7. The number of esters is 3. The van der Waals surface area contributed by atoms with Crippen LogP contribution in [-0.4, -0.2) is 94.1 Å². The van der Waals surface area contributed by atoms with Gasteiger partial charge in [-0.1, -0.05) is 27.7 Å². The number of rotatable bonds is 6. The summed E-state index contributed by atoms with van der Waals surface area (Å²) < 4.78 is 35.9. The molecule has 13 nitrogen and oxygen atoms in total. The van der Waals surface area contributed by atoms with Crippen LogP contribution < -0.4 is 0 Å². The highest BCUT2D eigenvalue weighted by molar-refractivity contribution is 5.91. The van der Waals surface area contributed by atoms with Gasteiger partial charge in [0.05, 0.1) is 42.7 Å². The number of ketones is 1. The number of carbonyl (C=O) groups is 4. The fourth-order valence-electron chi connectivity index (χ4n) is 11.6. The lowest BCUT2D eigenvalue weighted by molar-refractivity contribution is -0.391. The molecule has 6 aliphatic rings. The van der Waals surface area contributed by atoms with E-state index in [1.165, 1.54) is 13.2 Å². The molecule has 0 radical (unpaired) electrons. The minimum absolute atomic E-state index is 0.0283. The second-order valence-corrected chi connectivity index (χ2v) is 15.7. The summed E-state index contributed by atoms with van der Waals surface area (Å²) in [6.45, 7) is 10.8. The van der Waals surface area contributed by atoms with Crippen molar-refractivity contribution in [2.24, 2.45) is 39.4 Å². The van der Waals surface area contributed by atoms with Crippen molar-refractivity contribution in [2.75, 3.05) is 6.61 Å². The Labute approximate surface area is 278 Å². The summed E-state index contributed by atoms with van der Waals surface area (Å²) >= 11 is 0. The highest BCUT2D eigenvalue weighted by Gasteiger charge is 2.92. The van der Waals surface area contributed by atoms with E-state index in [2.05, 4.69) is 0 Å². The van der Waals surface area contributed by atoms with Gasteiger partial charge in [-0.05, 0) is 43.7 Å². The Morgan fingerprint density at radius 1 is 1.02 bits per heavy atom. The highest BCUT2D eigenvalue weighted by Crippen LogP contribution is 2.82. The molecule has 264 valence electrons. The number of aliphatic hydroxyl groups excluding tert-OH is 3. The van der Waals surface area contributed by atoms with Crippen LogP contribution in [0.25, 0.3) is 0 Å². The average Bonchev–Trinajstić information content (AvgIpc) is 3.39. The first-order chi connectivity index (χ1) is 22.5. The molecule has 4 aliphatic carbocycles. The molecule has 2 saturated heterocycles. The second kappa shape index (κ2) is 10.6. The van der Waals surface area contributed by atoms with E-state index < -0.39 is 112 Å². The first-order valence-corrected chi connectivity index (χ1v) is 16.9. The van der Waals surface area contributed by atoms with Crippen LogP contribution >= 0.6 is 0 Å². The smallest absolute Gasteiger partial charge is 0.310 e. The van der Waals surface area contributed by atoms with E-state index >= 15 is 4.79 Å². The molecule has 48 heavy (non-hydrogen) atoms. The molecule has 2 aliphatic heterocycles. The summed E-state index contributed by atoms with van der Waals surface area (Å²) in [5.74, 6) is -5.68. The topological polar surface area (TPSA) is 192 Å². The van der Waals surface area contributed by atoms with Gasteiger partial charge in [-0.2, -0.15) is 0 Å². The number of fused-ring (bicyclic) bond motifs is 1. The summed E-state index contributed by atoms with van der Waals surface area (Å²) in [5.41, 5.74) is -6.04. The number of aliphatic hydroxyl groups is 3. The molecule has 1 spiro atoms. The predicted molar refractivity (Wildman–Crippen MR) is 161 cm³/mol. The molecule has 4 saturated carbocycles. The van der Waals surface area contributed by atoms with Crippen LogP contribution in [0.15, 0.2) is 23.0 Å². The minimum atomic E-state index is -1.66. The lowest BCUT2D eigenvalue weighted by atomic mass is 9.33. The normalized spacial score (nSPS) is 50.6. The fraction of sp³-hybridized carbons (Fsp3) is 0.771. The van der Waals surface area contributed by atoms with Gasteiger partial charge in [0, 0.05) is 41.9 Å². The van der Waals surface area contributed by atoms with Gasteiger partial charge >= 0.3 is 17.9 Å². The zero-order valence-corrected chi connectivity index (χ0v) is 28.3. The number of Topliss-reactive ketones (excluding diaryl/α,β-unsaturated/α-hetero) is 1. The molecule has 7 rings (SSSR count). The van der Waals surface area contributed by atoms with Gasteiger partial charge in [0.1, 0.15) is 17.8 Å². The van der Waals surface area contributed by atoms with E-state index in [9.17, 15) is 29.7 Å². The Morgan fingerprint density at radius 2 is 1.71 bits per heavy atom. The van der Waals surface area contributed by atoms with E-state index in [-0.39, 0.29) is 18.9 Å². The molecule has 1 aromatic rings. The first-order valence-electron chi connectivity index (χ1n) is 16.9. The summed E-state index contributed by atoms with van der Waals surface area (Å²) in [6.07, 6.45) is -5.09. The maximum absolute atomic E-state index is 15.0. The summed E-state index contributed by atoms with van der Waals surface area (Å²) in [6, 6.07) is 1.80. The third kappa shape index (κ3) is 3.74. The molecule has 6 fully saturated rings. The van der Waals surface area contributed by atoms with E-state index in [1.807, 2.05) is 13.8 Å². The summed E-state index contributed by atoms with van der Waals surface area (Å²) in [4.78, 5) is 53.5. The van der Waals surface area contributed by atoms with Crippen molar-refractivity contribution in [3.63, 3.8) is 0 Å². The van der Waals surface area contributed by atoms with Gasteiger partial charge in [0.15, 0.2) is 18.0 Å². The molecule has 0 aromatic carbocycles. The molecule has 3 heterocycles. The Hall–Kier alpha value is -2.84. The van der Waals surface area contributed by atoms with E-state index in [0.29, 0.717) is 12.8 Å². The van der Waals surface area contributed by atoms with Crippen molar-refractivity contribution in [1.82, 2.24) is 0 Å². The van der Waals surface area contributed by atoms with Crippen molar-refractivity contribution in [2.45, 2.75) is 122 Å². The zero-order chi connectivity index (χ0) is 34.9. The SMILES string of the molecule is CCC(C)C(=O)OC1OC[C@]23[C@H](C[C@@H](O)[C@@]4(C)[C@H]2C(=O)[C@@H](O)[C@@]2(C)[C@H](c5ccoc5)C[C@@H]5O[C@@]524)[C@]1(C)[C@H](OC(C)=O)[C@H](OC(C)=O)[C@@H]3O. The lowest BCUT2D eigenvalue weighted by Gasteiger charge is -2.73. The van der Waals surface area contributed by atoms with E-state index in [4.69, 9.17) is 28.1 Å². The number of ether oxygens (including phenoxy) is 5. The summed E-state index contributed by atoms with van der Waals surface area (Å²) in [5, 5.41) is 37.2. The largest absolute Gasteiger partial charge is 0.472 e. The van der Waals surface area contributed by atoms with E-state index in [1.54, 1.807) is 33.1 Å². The minimum Gasteiger partial charge on any atom is -0.472 e. The maximum atomic E-state index is 15.0. The van der Waals surface area contributed by atoms with Crippen LogP contribution in [0.2, 0.25) is 0 Å². The number of carbonyl (C=O) groups excluding carboxylic acids is 4. The zero-order valence-electron chi connectivity index (χ0n) is 28.3. The number of hydrogen-bond acceptors (Lipinski definition) is 13. The van der Waals surface area contributed by atoms with Crippen molar-refractivity contribution in [3.05, 3.63) is 24.2 Å². The number of furan rings is 1. The average molecular weight is 675 g/mol. The van der Waals surface area contributed by atoms with Gasteiger partial charge in [-0.3, -0.25) is 19.2 Å². The fourth-order valence-corrected chi connectivity index (χ4v) is 11.6. The van der Waals surface area contributed by atoms with Crippen molar-refractivity contribution < 1.29 is 62.6 Å². The van der Waals surface area contributed by atoms with Gasteiger partial charge in [-0.15, -0.1) is 0 Å². The number of hydrogen-bond donors (Lipinski definition) is 3. The molecule has 16 atom stereocenters. The van der Waals surface area contributed by atoms with Gasteiger partial charge in [0.2, 0.25) is 6.29 Å².